The number of hydrogen-bond donors (Lipinski definition) is 1. The number of amides is 1. The van der Waals surface area contributed by atoms with Crippen molar-refractivity contribution >= 4 is 55.9 Å². The molecule has 0 unspecified atom stereocenters. The second-order valence-electron chi connectivity index (χ2n) is 8.37. The maximum atomic E-state index is 12.9. The topological polar surface area (TPSA) is 86.8 Å². The lowest BCUT2D eigenvalue weighted by Crippen LogP contribution is -2.10. The molecular weight excluding hydrogens is 500 g/mol. The van der Waals surface area contributed by atoms with Crippen molar-refractivity contribution in [3.05, 3.63) is 94.9 Å². The van der Waals surface area contributed by atoms with Gasteiger partial charge in [0, 0.05) is 22.0 Å². The molecule has 190 valence electrons. The first-order chi connectivity index (χ1) is 18.5. The van der Waals surface area contributed by atoms with E-state index in [1.165, 1.54) is 38.7 Å². The van der Waals surface area contributed by atoms with Gasteiger partial charge < -0.3 is 19.5 Å². The molecule has 8 heteroatoms. The number of ketones is 1. The third-order valence-corrected chi connectivity index (χ3v) is 7.02. The van der Waals surface area contributed by atoms with Crippen molar-refractivity contribution in [1.82, 2.24) is 4.98 Å². The summed E-state index contributed by atoms with van der Waals surface area (Å²) in [5.74, 6) is 1.08. The summed E-state index contributed by atoms with van der Waals surface area (Å²) in [6.07, 6.45) is 3.16. The van der Waals surface area contributed by atoms with Gasteiger partial charge in [-0.1, -0.05) is 24.3 Å². The Labute approximate surface area is 223 Å². The maximum Gasteiger partial charge on any atom is 0.265 e. The molecule has 2 heterocycles. The van der Waals surface area contributed by atoms with Gasteiger partial charge in [-0.15, -0.1) is 11.3 Å². The zero-order valence-electron chi connectivity index (χ0n) is 21.0. The van der Waals surface area contributed by atoms with Crippen LogP contribution in [-0.2, 0) is 0 Å². The molecule has 0 spiro atoms. The van der Waals surface area contributed by atoms with Gasteiger partial charge in [0.15, 0.2) is 17.3 Å². The lowest BCUT2D eigenvalue weighted by Gasteiger charge is -2.12. The molecule has 2 aromatic heterocycles. The van der Waals surface area contributed by atoms with E-state index < -0.39 is 0 Å². The van der Waals surface area contributed by atoms with Crippen molar-refractivity contribution in [3.63, 3.8) is 0 Å². The summed E-state index contributed by atoms with van der Waals surface area (Å²) >= 11 is 1.35. The largest absolute Gasteiger partial charge is 0.493 e. The normalized spacial score (nSPS) is 11.1. The summed E-state index contributed by atoms with van der Waals surface area (Å²) in [6.45, 7) is 0. The number of nitrogens with zero attached hydrogens (tertiary/aromatic N) is 1. The number of benzene rings is 3. The van der Waals surface area contributed by atoms with Crippen LogP contribution in [0.4, 0.5) is 5.69 Å². The van der Waals surface area contributed by atoms with Crippen LogP contribution in [0.25, 0.3) is 27.2 Å². The van der Waals surface area contributed by atoms with Crippen molar-refractivity contribution in [1.29, 1.82) is 0 Å². The van der Waals surface area contributed by atoms with Crippen LogP contribution >= 0.6 is 11.3 Å². The van der Waals surface area contributed by atoms with Crippen molar-refractivity contribution in [2.75, 3.05) is 26.6 Å². The van der Waals surface area contributed by atoms with Crippen LogP contribution in [0.1, 0.15) is 25.6 Å². The van der Waals surface area contributed by atoms with Crippen molar-refractivity contribution in [2.24, 2.45) is 0 Å². The van der Waals surface area contributed by atoms with E-state index in [4.69, 9.17) is 14.2 Å². The lowest BCUT2D eigenvalue weighted by atomic mass is 10.1. The molecule has 0 saturated heterocycles. The van der Waals surface area contributed by atoms with E-state index >= 15 is 0 Å². The van der Waals surface area contributed by atoms with Crippen molar-refractivity contribution in [3.8, 4) is 17.2 Å². The summed E-state index contributed by atoms with van der Waals surface area (Å²) in [7, 11) is 4.61. The highest BCUT2D eigenvalue weighted by Gasteiger charge is 2.14. The fourth-order valence-electron chi connectivity index (χ4n) is 4.06. The highest BCUT2D eigenvalue weighted by molar-refractivity contribution is 7.20. The molecule has 7 nitrogen and oxygen atoms in total. The number of pyridine rings is 1. The van der Waals surface area contributed by atoms with Gasteiger partial charge >= 0.3 is 0 Å². The summed E-state index contributed by atoms with van der Waals surface area (Å²) in [4.78, 5) is 31.6. The number of ether oxygens (including phenoxy) is 3. The number of thiophene rings is 1. The second-order valence-corrected chi connectivity index (χ2v) is 9.40. The number of carbonyl (C=O) groups excluding carboxylic acids is 2. The Morgan fingerprint density at radius 1 is 0.842 bits per heavy atom. The zero-order chi connectivity index (χ0) is 26.6. The number of carbonyl (C=O) groups is 2. The number of hydrogen-bond acceptors (Lipinski definition) is 7. The standard InChI is InChI=1S/C30H24N2O5S/c1-35-25-14-18(15-26(36-2)28(25)37-3)8-13-24(33)19-9-11-22(12-10-19)31-29(34)27-17-21-16-20-6-4-5-7-23(20)32-30(21)38-27/h4-17H,1-3H3,(H,31,34)/b13-8+. The summed E-state index contributed by atoms with van der Waals surface area (Å²) < 4.78 is 16.1. The molecular formula is C30H24N2O5S. The number of nitrogens with one attached hydrogen (secondary N) is 1. The molecule has 0 aliphatic rings. The van der Waals surface area contributed by atoms with E-state index in [0.29, 0.717) is 33.4 Å². The van der Waals surface area contributed by atoms with E-state index in [1.807, 2.05) is 36.4 Å². The van der Waals surface area contributed by atoms with Gasteiger partial charge in [-0.2, -0.15) is 0 Å². The Bertz CT molecular complexity index is 1610. The molecule has 3 aromatic carbocycles. The van der Waals surface area contributed by atoms with Crippen molar-refractivity contribution < 1.29 is 23.8 Å². The molecule has 1 N–H and O–H groups in total. The average molecular weight is 525 g/mol. The van der Waals surface area contributed by atoms with E-state index in [1.54, 1.807) is 42.5 Å². The number of anilines is 1. The van der Waals surface area contributed by atoms with Gasteiger partial charge in [0.05, 0.1) is 31.7 Å². The quantitative estimate of drug-likeness (QED) is 0.181. The van der Waals surface area contributed by atoms with Gasteiger partial charge in [-0.3, -0.25) is 9.59 Å². The molecule has 0 aliphatic carbocycles. The summed E-state index contributed by atoms with van der Waals surface area (Å²) in [5, 5.41) is 4.86. The molecule has 38 heavy (non-hydrogen) atoms. The minimum atomic E-state index is -0.224. The Morgan fingerprint density at radius 3 is 2.24 bits per heavy atom. The first-order valence-corrected chi connectivity index (χ1v) is 12.5. The Hall–Kier alpha value is -4.69. The highest BCUT2D eigenvalue weighted by atomic mass is 32.1. The zero-order valence-corrected chi connectivity index (χ0v) is 21.8. The predicted molar refractivity (Wildman–Crippen MR) is 151 cm³/mol. The molecule has 0 saturated carbocycles. The van der Waals surface area contributed by atoms with Crippen LogP contribution in [0.15, 0.2) is 78.9 Å². The maximum absolute atomic E-state index is 12.9. The van der Waals surface area contributed by atoms with Gasteiger partial charge in [-0.05, 0) is 66.2 Å². The number of para-hydroxylation sites is 1. The predicted octanol–water partition coefficient (Wildman–Crippen LogP) is 6.62. The van der Waals surface area contributed by atoms with Crippen LogP contribution in [0.3, 0.4) is 0 Å². The SMILES string of the molecule is COc1cc(/C=C/C(=O)c2ccc(NC(=O)c3cc4cc5ccccc5nc4s3)cc2)cc(OC)c1OC. The smallest absolute Gasteiger partial charge is 0.265 e. The van der Waals surface area contributed by atoms with E-state index in [9.17, 15) is 9.59 Å². The highest BCUT2D eigenvalue weighted by Crippen LogP contribution is 2.38. The minimum absolute atomic E-state index is 0.181. The third kappa shape index (κ3) is 5.07. The first-order valence-electron chi connectivity index (χ1n) is 11.7. The monoisotopic (exact) mass is 524 g/mol. The first kappa shape index (κ1) is 25.0. The number of fused-ring (bicyclic) bond motifs is 2. The second kappa shape index (κ2) is 10.7. The molecule has 5 aromatic rings. The molecule has 0 bridgehead atoms. The summed E-state index contributed by atoms with van der Waals surface area (Å²) in [6, 6.07) is 22.0. The summed E-state index contributed by atoms with van der Waals surface area (Å²) in [5.41, 5.74) is 2.70. The number of rotatable bonds is 8. The molecule has 5 rings (SSSR count). The lowest BCUT2D eigenvalue weighted by molar-refractivity contribution is 0.102. The van der Waals surface area contributed by atoms with E-state index in [0.717, 1.165) is 26.7 Å². The van der Waals surface area contributed by atoms with Crippen LogP contribution < -0.4 is 19.5 Å². The molecule has 0 fully saturated rings. The molecule has 0 atom stereocenters. The van der Waals surface area contributed by atoms with Crippen LogP contribution in [0, 0.1) is 0 Å². The Kier molecular flexibility index (Phi) is 7.06. The minimum Gasteiger partial charge on any atom is -0.493 e. The van der Waals surface area contributed by atoms with Gasteiger partial charge in [0.1, 0.15) is 4.83 Å². The van der Waals surface area contributed by atoms with Gasteiger partial charge in [-0.25, -0.2) is 4.98 Å². The van der Waals surface area contributed by atoms with E-state index in [-0.39, 0.29) is 11.7 Å². The van der Waals surface area contributed by atoms with Gasteiger partial charge in [0.25, 0.3) is 5.91 Å². The fourth-order valence-corrected chi connectivity index (χ4v) is 4.98. The number of methoxy groups -OCH3 is 3. The molecule has 1 amide bonds. The number of allylic oxidation sites excluding steroid dienone is 1. The molecule has 0 aliphatic heterocycles. The van der Waals surface area contributed by atoms with E-state index in [2.05, 4.69) is 10.3 Å². The van der Waals surface area contributed by atoms with Crippen LogP contribution in [-0.4, -0.2) is 38.0 Å². The Morgan fingerprint density at radius 2 is 1.55 bits per heavy atom. The van der Waals surface area contributed by atoms with Crippen molar-refractivity contribution in [2.45, 2.75) is 0 Å². The Balaban J connectivity index is 1.28. The van der Waals surface area contributed by atoms with Crippen LogP contribution in [0.5, 0.6) is 17.2 Å². The number of aromatic nitrogens is 1. The average Bonchev–Trinajstić information content (AvgIpc) is 3.37. The van der Waals surface area contributed by atoms with Crippen LogP contribution in [0.2, 0.25) is 0 Å². The molecule has 0 radical (unpaired) electrons. The third-order valence-electron chi connectivity index (χ3n) is 5.98. The van der Waals surface area contributed by atoms with Gasteiger partial charge in [0.2, 0.25) is 5.75 Å². The fraction of sp³-hybridized carbons (Fsp3) is 0.100.